The van der Waals surface area contributed by atoms with E-state index in [0.29, 0.717) is 11.3 Å². The molecule has 0 atom stereocenters. The largest absolute Gasteiger partial charge is 0.496 e. The van der Waals surface area contributed by atoms with Gasteiger partial charge in [0.1, 0.15) is 11.3 Å². The van der Waals surface area contributed by atoms with E-state index in [1.165, 1.54) is 13.2 Å². The number of ketones is 1. The highest BCUT2D eigenvalue weighted by Gasteiger charge is 2.18. The van der Waals surface area contributed by atoms with Gasteiger partial charge >= 0.3 is 5.63 Å². The third-order valence-electron chi connectivity index (χ3n) is 2.70. The summed E-state index contributed by atoms with van der Waals surface area (Å²) in [5.41, 5.74) is 0.876. The average Bonchev–Trinajstić information content (AvgIpc) is 2.36. The van der Waals surface area contributed by atoms with Crippen LogP contribution in [0.5, 0.6) is 5.75 Å². The number of halogens is 1. The van der Waals surface area contributed by atoms with Crippen LogP contribution in [0.3, 0.4) is 0 Å². The zero-order valence-corrected chi connectivity index (χ0v) is 11.5. The Balaban J connectivity index is 2.93. The molecule has 1 heterocycles. The molecule has 0 fully saturated rings. The lowest BCUT2D eigenvalue weighted by Gasteiger charge is -2.09. The van der Waals surface area contributed by atoms with Crippen LogP contribution in [0.25, 0.3) is 11.0 Å². The molecule has 0 N–H and O–H groups in total. The van der Waals surface area contributed by atoms with E-state index in [1.54, 1.807) is 19.1 Å². The van der Waals surface area contributed by atoms with Crippen LogP contribution in [0.4, 0.5) is 0 Å². The highest BCUT2D eigenvalue weighted by Crippen LogP contribution is 2.29. The number of carbonyl (C=O) groups excluding carboxylic acids is 1. The number of fused-ring (bicyclic) bond motifs is 1. The second-order valence-electron chi connectivity index (χ2n) is 3.82. The Morgan fingerprint density at radius 3 is 2.78 bits per heavy atom. The first-order chi connectivity index (χ1) is 8.58. The third-order valence-corrected chi connectivity index (χ3v) is 3.21. The smallest absolute Gasteiger partial charge is 0.336 e. The van der Waals surface area contributed by atoms with E-state index in [0.717, 1.165) is 10.9 Å². The molecule has 0 radical (unpaired) electrons. The molecule has 5 heteroatoms. The van der Waals surface area contributed by atoms with E-state index in [4.69, 9.17) is 9.15 Å². The third kappa shape index (κ3) is 2.06. The Bertz CT molecular complexity index is 672. The van der Waals surface area contributed by atoms with Crippen LogP contribution in [0.1, 0.15) is 15.9 Å². The number of ether oxygens (including phenoxy) is 1. The summed E-state index contributed by atoms with van der Waals surface area (Å²) in [7, 11) is 1.47. The molecule has 0 amide bonds. The van der Waals surface area contributed by atoms with Crippen molar-refractivity contribution in [2.24, 2.45) is 0 Å². The Morgan fingerprint density at radius 2 is 2.17 bits per heavy atom. The number of Topliss-reactive ketones (excluding diaryl/α,β-unsaturated/α-hetero) is 1. The summed E-state index contributed by atoms with van der Waals surface area (Å²) in [6.45, 7) is 1.80. The van der Waals surface area contributed by atoms with Gasteiger partial charge < -0.3 is 9.15 Å². The summed E-state index contributed by atoms with van der Waals surface area (Å²) in [5.74, 6) is 0.215. The summed E-state index contributed by atoms with van der Waals surface area (Å²) in [5, 5.41) is 0.875. The van der Waals surface area contributed by atoms with Crippen molar-refractivity contribution in [1.29, 1.82) is 0 Å². The SMILES string of the molecule is COc1ccc2c(C)cc(=O)oc2c1C(=O)CBr. The van der Waals surface area contributed by atoms with E-state index in [-0.39, 0.29) is 16.7 Å². The van der Waals surface area contributed by atoms with Crippen molar-refractivity contribution in [3.63, 3.8) is 0 Å². The van der Waals surface area contributed by atoms with Crippen molar-refractivity contribution >= 4 is 32.7 Å². The maximum absolute atomic E-state index is 11.9. The normalized spacial score (nSPS) is 10.6. The topological polar surface area (TPSA) is 56.5 Å². The minimum atomic E-state index is -0.475. The van der Waals surface area contributed by atoms with Gasteiger partial charge in [0.05, 0.1) is 12.4 Å². The second kappa shape index (κ2) is 4.94. The van der Waals surface area contributed by atoms with Gasteiger partial charge in [-0.05, 0) is 24.6 Å². The van der Waals surface area contributed by atoms with Gasteiger partial charge in [0.25, 0.3) is 0 Å². The quantitative estimate of drug-likeness (QED) is 0.497. The van der Waals surface area contributed by atoms with E-state index < -0.39 is 5.63 Å². The molecule has 0 bridgehead atoms. The molecule has 1 aromatic heterocycles. The minimum absolute atomic E-state index is 0.139. The Labute approximate surface area is 112 Å². The zero-order chi connectivity index (χ0) is 13.3. The lowest BCUT2D eigenvalue weighted by Crippen LogP contribution is -2.07. The predicted molar refractivity (Wildman–Crippen MR) is 71.9 cm³/mol. The van der Waals surface area contributed by atoms with Crippen molar-refractivity contribution in [3.8, 4) is 5.75 Å². The number of alkyl halides is 1. The lowest BCUT2D eigenvalue weighted by atomic mass is 10.0. The van der Waals surface area contributed by atoms with Crippen LogP contribution in [0, 0.1) is 6.92 Å². The van der Waals surface area contributed by atoms with E-state index in [9.17, 15) is 9.59 Å². The molecule has 2 aromatic rings. The minimum Gasteiger partial charge on any atom is -0.496 e. The van der Waals surface area contributed by atoms with Crippen LogP contribution < -0.4 is 10.4 Å². The lowest BCUT2D eigenvalue weighted by molar-refractivity contribution is 0.102. The molecule has 94 valence electrons. The fraction of sp³-hybridized carbons (Fsp3) is 0.231. The summed E-state index contributed by atoms with van der Waals surface area (Å²) in [4.78, 5) is 23.4. The molecule has 4 nitrogen and oxygen atoms in total. The van der Waals surface area contributed by atoms with E-state index in [1.807, 2.05) is 0 Å². The molecule has 0 saturated heterocycles. The van der Waals surface area contributed by atoms with Crippen LogP contribution >= 0.6 is 15.9 Å². The number of hydrogen-bond acceptors (Lipinski definition) is 4. The van der Waals surface area contributed by atoms with Crippen molar-refractivity contribution in [2.45, 2.75) is 6.92 Å². The van der Waals surface area contributed by atoms with Gasteiger partial charge in [0, 0.05) is 11.5 Å². The number of carbonyl (C=O) groups is 1. The number of hydrogen-bond donors (Lipinski definition) is 0. The molecule has 18 heavy (non-hydrogen) atoms. The van der Waals surface area contributed by atoms with Crippen LogP contribution in [0.15, 0.2) is 27.4 Å². The van der Waals surface area contributed by atoms with Gasteiger partial charge in [-0.3, -0.25) is 4.79 Å². The van der Waals surface area contributed by atoms with Gasteiger partial charge in [-0.1, -0.05) is 15.9 Å². The molecule has 0 saturated carbocycles. The Kier molecular flexibility index (Phi) is 3.52. The Hall–Kier alpha value is -1.62. The van der Waals surface area contributed by atoms with Crippen molar-refractivity contribution < 1.29 is 13.9 Å². The van der Waals surface area contributed by atoms with Crippen molar-refractivity contribution in [3.05, 3.63) is 39.7 Å². The number of methoxy groups -OCH3 is 1. The molecule has 0 aliphatic rings. The van der Waals surface area contributed by atoms with Gasteiger partial charge in [-0.2, -0.15) is 0 Å². The van der Waals surface area contributed by atoms with E-state index in [2.05, 4.69) is 15.9 Å². The van der Waals surface area contributed by atoms with Crippen LogP contribution in [-0.2, 0) is 0 Å². The van der Waals surface area contributed by atoms with Crippen molar-refractivity contribution in [2.75, 3.05) is 12.4 Å². The maximum atomic E-state index is 11.9. The summed E-state index contributed by atoms with van der Waals surface area (Å²) >= 11 is 3.11. The second-order valence-corrected chi connectivity index (χ2v) is 4.39. The molecular formula is C13H11BrO4. The highest BCUT2D eigenvalue weighted by molar-refractivity contribution is 9.09. The summed E-state index contributed by atoms with van der Waals surface area (Å²) < 4.78 is 10.3. The monoisotopic (exact) mass is 310 g/mol. The fourth-order valence-electron chi connectivity index (χ4n) is 1.87. The predicted octanol–water partition coefficient (Wildman–Crippen LogP) is 2.69. The molecule has 0 aliphatic carbocycles. The standard InChI is InChI=1S/C13H11BrO4/c1-7-5-11(16)18-13-8(7)3-4-10(17-2)12(13)9(15)6-14/h3-5H,6H2,1-2H3. The van der Waals surface area contributed by atoms with Crippen LogP contribution in [0.2, 0.25) is 0 Å². The Morgan fingerprint density at radius 1 is 1.44 bits per heavy atom. The molecule has 0 spiro atoms. The fourth-order valence-corrected chi connectivity index (χ4v) is 2.15. The number of benzene rings is 1. The zero-order valence-electron chi connectivity index (χ0n) is 9.95. The first-order valence-electron chi connectivity index (χ1n) is 5.29. The summed E-state index contributed by atoms with van der Waals surface area (Å²) in [6, 6.07) is 4.87. The van der Waals surface area contributed by atoms with Gasteiger partial charge in [-0.15, -0.1) is 0 Å². The summed E-state index contributed by atoms with van der Waals surface area (Å²) in [6.07, 6.45) is 0. The molecule has 0 aliphatic heterocycles. The highest BCUT2D eigenvalue weighted by atomic mass is 79.9. The van der Waals surface area contributed by atoms with Gasteiger partial charge in [-0.25, -0.2) is 4.79 Å². The average molecular weight is 311 g/mol. The van der Waals surface area contributed by atoms with Crippen molar-refractivity contribution in [1.82, 2.24) is 0 Å². The molecule has 0 unspecified atom stereocenters. The first kappa shape index (κ1) is 12.8. The molecule has 1 aromatic carbocycles. The molecular weight excluding hydrogens is 300 g/mol. The van der Waals surface area contributed by atoms with Gasteiger partial charge in [0.2, 0.25) is 0 Å². The number of aryl methyl sites for hydroxylation is 1. The van der Waals surface area contributed by atoms with Crippen LogP contribution in [-0.4, -0.2) is 18.2 Å². The first-order valence-corrected chi connectivity index (χ1v) is 6.41. The number of rotatable bonds is 3. The molecule has 2 rings (SSSR count). The van der Waals surface area contributed by atoms with Gasteiger partial charge in [0.15, 0.2) is 11.4 Å². The maximum Gasteiger partial charge on any atom is 0.336 e. The van der Waals surface area contributed by atoms with E-state index >= 15 is 0 Å².